The Morgan fingerprint density at radius 2 is 1.25 bits per heavy atom. The number of nitrogens with one attached hydrogen (secondary N) is 1. The van der Waals surface area contributed by atoms with Crippen LogP contribution in [0.5, 0.6) is 0 Å². The summed E-state index contributed by atoms with van der Waals surface area (Å²) in [6.45, 7) is 19.4. The largest absolute Gasteiger partial charge is 0.310 e. The zero-order chi connectivity index (χ0) is 15.4. The van der Waals surface area contributed by atoms with Crippen LogP contribution in [0, 0.1) is 40.5 Å². The molecule has 0 bridgehead atoms. The summed E-state index contributed by atoms with van der Waals surface area (Å²) >= 11 is 0. The summed E-state index contributed by atoms with van der Waals surface area (Å²) in [6.07, 6.45) is 2.40. The number of benzene rings is 1. The van der Waals surface area contributed by atoms with Crippen molar-refractivity contribution in [2.45, 2.75) is 74.3 Å². The van der Waals surface area contributed by atoms with Crippen molar-refractivity contribution >= 4 is 0 Å². The molecular weight excluding hydrogens is 242 g/mol. The van der Waals surface area contributed by atoms with Crippen LogP contribution in [0.2, 0.25) is 0 Å². The van der Waals surface area contributed by atoms with Gasteiger partial charge in [-0.05, 0) is 93.3 Å². The summed E-state index contributed by atoms with van der Waals surface area (Å²) in [5.41, 5.74) is 8.92. The Hall–Kier alpha value is -0.820. The standard InChI is InChI=1S/C19H33N/c1-9-10-20-18(11-12(2)3)19-16(7)14(5)13(4)15(6)17(19)8/h12,18,20H,9-11H2,1-8H3. The molecule has 1 aromatic carbocycles. The van der Waals surface area contributed by atoms with Crippen molar-refractivity contribution in [2.75, 3.05) is 6.54 Å². The highest BCUT2D eigenvalue weighted by molar-refractivity contribution is 5.50. The van der Waals surface area contributed by atoms with Gasteiger partial charge in [-0.1, -0.05) is 20.8 Å². The van der Waals surface area contributed by atoms with Crippen LogP contribution in [-0.4, -0.2) is 6.54 Å². The lowest BCUT2D eigenvalue weighted by Crippen LogP contribution is -2.26. The van der Waals surface area contributed by atoms with Crippen molar-refractivity contribution in [1.82, 2.24) is 5.32 Å². The van der Waals surface area contributed by atoms with Gasteiger partial charge in [-0.25, -0.2) is 0 Å². The van der Waals surface area contributed by atoms with Gasteiger partial charge in [-0.3, -0.25) is 0 Å². The van der Waals surface area contributed by atoms with E-state index in [-0.39, 0.29) is 0 Å². The lowest BCUT2D eigenvalue weighted by atomic mass is 9.84. The molecule has 1 N–H and O–H groups in total. The van der Waals surface area contributed by atoms with E-state index < -0.39 is 0 Å². The highest BCUT2D eigenvalue weighted by Gasteiger charge is 2.20. The van der Waals surface area contributed by atoms with Crippen LogP contribution in [0.1, 0.15) is 73.0 Å². The Kier molecular flexibility index (Phi) is 6.26. The quantitative estimate of drug-likeness (QED) is 0.741. The Balaban J connectivity index is 3.31. The van der Waals surface area contributed by atoms with Gasteiger partial charge in [0.2, 0.25) is 0 Å². The molecule has 0 amide bonds. The summed E-state index contributed by atoms with van der Waals surface area (Å²) < 4.78 is 0. The predicted molar refractivity (Wildman–Crippen MR) is 90.6 cm³/mol. The third-order valence-corrected chi connectivity index (χ3v) is 4.75. The first kappa shape index (κ1) is 17.2. The maximum atomic E-state index is 3.77. The first-order valence-electron chi connectivity index (χ1n) is 8.11. The van der Waals surface area contributed by atoms with Crippen LogP contribution >= 0.6 is 0 Å². The fourth-order valence-corrected chi connectivity index (χ4v) is 3.14. The average molecular weight is 275 g/mol. The van der Waals surface area contributed by atoms with Crippen LogP contribution < -0.4 is 5.32 Å². The van der Waals surface area contributed by atoms with Crippen molar-refractivity contribution < 1.29 is 0 Å². The first-order chi connectivity index (χ1) is 9.31. The highest BCUT2D eigenvalue weighted by atomic mass is 14.9. The number of rotatable bonds is 6. The van der Waals surface area contributed by atoms with Gasteiger partial charge in [0, 0.05) is 6.04 Å². The highest BCUT2D eigenvalue weighted by Crippen LogP contribution is 2.33. The van der Waals surface area contributed by atoms with Crippen LogP contribution in [0.25, 0.3) is 0 Å². The van der Waals surface area contributed by atoms with Gasteiger partial charge in [0.05, 0.1) is 0 Å². The molecule has 20 heavy (non-hydrogen) atoms. The van der Waals surface area contributed by atoms with E-state index in [1.54, 1.807) is 5.56 Å². The Morgan fingerprint density at radius 3 is 1.65 bits per heavy atom. The zero-order valence-corrected chi connectivity index (χ0v) is 14.8. The fourth-order valence-electron chi connectivity index (χ4n) is 3.14. The van der Waals surface area contributed by atoms with Crippen molar-refractivity contribution in [3.05, 3.63) is 33.4 Å². The Bertz CT molecular complexity index is 428. The van der Waals surface area contributed by atoms with Gasteiger partial charge < -0.3 is 5.32 Å². The van der Waals surface area contributed by atoms with Crippen molar-refractivity contribution in [1.29, 1.82) is 0 Å². The summed E-state index contributed by atoms with van der Waals surface area (Å²) in [5, 5.41) is 3.77. The van der Waals surface area contributed by atoms with Crippen LogP contribution in [-0.2, 0) is 0 Å². The summed E-state index contributed by atoms with van der Waals surface area (Å²) in [7, 11) is 0. The van der Waals surface area contributed by atoms with E-state index in [1.165, 1.54) is 40.7 Å². The van der Waals surface area contributed by atoms with E-state index in [2.05, 4.69) is 60.7 Å². The molecule has 0 radical (unpaired) electrons. The van der Waals surface area contributed by atoms with E-state index in [0.717, 1.165) is 6.54 Å². The van der Waals surface area contributed by atoms with E-state index in [1.807, 2.05) is 0 Å². The molecule has 0 spiro atoms. The van der Waals surface area contributed by atoms with Crippen LogP contribution in [0.15, 0.2) is 0 Å². The first-order valence-corrected chi connectivity index (χ1v) is 8.11. The average Bonchev–Trinajstić information content (AvgIpc) is 2.39. The molecule has 1 aromatic rings. The molecule has 0 aliphatic heterocycles. The Morgan fingerprint density at radius 1 is 0.800 bits per heavy atom. The van der Waals surface area contributed by atoms with Crippen molar-refractivity contribution in [3.8, 4) is 0 Å². The van der Waals surface area contributed by atoms with Gasteiger partial charge in [-0.15, -0.1) is 0 Å². The van der Waals surface area contributed by atoms with Crippen LogP contribution in [0.3, 0.4) is 0 Å². The van der Waals surface area contributed by atoms with Gasteiger partial charge >= 0.3 is 0 Å². The van der Waals surface area contributed by atoms with E-state index >= 15 is 0 Å². The zero-order valence-electron chi connectivity index (χ0n) is 14.8. The van der Waals surface area contributed by atoms with Crippen LogP contribution in [0.4, 0.5) is 0 Å². The molecule has 0 aromatic heterocycles. The topological polar surface area (TPSA) is 12.0 Å². The van der Waals surface area contributed by atoms with E-state index in [4.69, 9.17) is 0 Å². The number of hydrogen-bond donors (Lipinski definition) is 1. The van der Waals surface area contributed by atoms with E-state index in [9.17, 15) is 0 Å². The molecule has 0 fully saturated rings. The molecule has 1 rings (SSSR count). The monoisotopic (exact) mass is 275 g/mol. The molecule has 0 heterocycles. The maximum absolute atomic E-state index is 3.77. The minimum atomic E-state index is 0.493. The molecule has 1 unspecified atom stereocenters. The molecule has 0 saturated carbocycles. The van der Waals surface area contributed by atoms with E-state index in [0.29, 0.717) is 12.0 Å². The third-order valence-electron chi connectivity index (χ3n) is 4.75. The molecule has 1 atom stereocenters. The lowest BCUT2D eigenvalue weighted by Gasteiger charge is -2.28. The van der Waals surface area contributed by atoms with Gasteiger partial charge in [0.25, 0.3) is 0 Å². The summed E-state index contributed by atoms with van der Waals surface area (Å²) in [5.74, 6) is 0.713. The molecule has 1 nitrogen and oxygen atoms in total. The predicted octanol–water partition coefficient (Wildman–Crippen LogP) is 5.32. The minimum Gasteiger partial charge on any atom is -0.310 e. The molecular formula is C19H33N. The normalized spacial score (nSPS) is 13.1. The van der Waals surface area contributed by atoms with Gasteiger partial charge in [-0.2, -0.15) is 0 Å². The molecule has 1 heteroatoms. The minimum absolute atomic E-state index is 0.493. The van der Waals surface area contributed by atoms with Gasteiger partial charge in [0.1, 0.15) is 0 Å². The smallest absolute Gasteiger partial charge is 0.0328 e. The van der Waals surface area contributed by atoms with Crippen molar-refractivity contribution in [2.24, 2.45) is 5.92 Å². The molecule has 114 valence electrons. The molecule has 0 aliphatic carbocycles. The van der Waals surface area contributed by atoms with Gasteiger partial charge in [0.15, 0.2) is 0 Å². The second-order valence-electron chi connectivity index (χ2n) is 6.67. The second-order valence-corrected chi connectivity index (χ2v) is 6.67. The summed E-state index contributed by atoms with van der Waals surface area (Å²) in [4.78, 5) is 0. The van der Waals surface area contributed by atoms with Crippen molar-refractivity contribution in [3.63, 3.8) is 0 Å². The molecule has 0 saturated heterocycles. The third kappa shape index (κ3) is 3.63. The molecule has 0 aliphatic rings. The maximum Gasteiger partial charge on any atom is 0.0328 e. The Labute approximate surface area is 126 Å². The summed E-state index contributed by atoms with van der Waals surface area (Å²) in [6, 6.07) is 0.493. The lowest BCUT2D eigenvalue weighted by molar-refractivity contribution is 0.427. The second kappa shape index (κ2) is 7.26. The fraction of sp³-hybridized carbons (Fsp3) is 0.684. The SMILES string of the molecule is CCCNC(CC(C)C)c1c(C)c(C)c(C)c(C)c1C. The number of hydrogen-bond acceptors (Lipinski definition) is 1.